The van der Waals surface area contributed by atoms with E-state index in [4.69, 9.17) is 4.74 Å². The van der Waals surface area contributed by atoms with Crippen molar-refractivity contribution in [3.05, 3.63) is 65.5 Å². The van der Waals surface area contributed by atoms with E-state index >= 15 is 0 Å². The van der Waals surface area contributed by atoms with Crippen LogP contribution in [0.4, 0.5) is 0 Å². The van der Waals surface area contributed by atoms with Gasteiger partial charge in [0, 0.05) is 9.75 Å². The van der Waals surface area contributed by atoms with Gasteiger partial charge in [0.25, 0.3) is 0 Å². The monoisotopic (exact) mass is 448 g/mol. The van der Waals surface area contributed by atoms with Crippen molar-refractivity contribution >= 4 is 11.3 Å². The molecule has 0 N–H and O–H groups in total. The first-order valence-electron chi connectivity index (χ1n) is 12.7. The molecule has 32 heavy (non-hydrogen) atoms. The van der Waals surface area contributed by atoms with E-state index in [2.05, 4.69) is 74.5 Å². The number of ether oxygens (including phenoxy) is 1. The van der Waals surface area contributed by atoms with Crippen LogP contribution in [0.5, 0.6) is 5.75 Å². The second kappa shape index (κ2) is 14.2. The Morgan fingerprint density at radius 3 is 1.81 bits per heavy atom. The van der Waals surface area contributed by atoms with Gasteiger partial charge >= 0.3 is 0 Å². The van der Waals surface area contributed by atoms with Crippen molar-refractivity contribution in [1.82, 2.24) is 0 Å². The summed E-state index contributed by atoms with van der Waals surface area (Å²) in [5.41, 5.74) is 3.81. The third-order valence-electron chi connectivity index (χ3n) is 6.06. The Labute approximate surface area is 199 Å². The lowest BCUT2D eigenvalue weighted by Gasteiger charge is -2.08. The second-order valence-electron chi connectivity index (χ2n) is 8.79. The van der Waals surface area contributed by atoms with Crippen LogP contribution < -0.4 is 4.74 Å². The van der Waals surface area contributed by atoms with Crippen molar-refractivity contribution in [2.75, 3.05) is 6.61 Å². The van der Waals surface area contributed by atoms with Crippen molar-refractivity contribution in [2.24, 2.45) is 0 Å². The van der Waals surface area contributed by atoms with E-state index < -0.39 is 0 Å². The van der Waals surface area contributed by atoms with Crippen LogP contribution in [-0.4, -0.2) is 6.61 Å². The maximum atomic E-state index is 5.94. The van der Waals surface area contributed by atoms with Gasteiger partial charge in [0.05, 0.1) is 6.61 Å². The topological polar surface area (TPSA) is 9.23 Å². The molecule has 2 aromatic carbocycles. The van der Waals surface area contributed by atoms with Crippen LogP contribution in [0.2, 0.25) is 0 Å². The first-order chi connectivity index (χ1) is 15.8. The third-order valence-corrected chi connectivity index (χ3v) is 7.26. The van der Waals surface area contributed by atoms with Crippen molar-refractivity contribution in [1.29, 1.82) is 0 Å². The molecule has 0 aliphatic rings. The van der Waals surface area contributed by atoms with Gasteiger partial charge in [0.1, 0.15) is 5.75 Å². The second-order valence-corrected chi connectivity index (χ2v) is 9.96. The minimum atomic E-state index is 0.822. The van der Waals surface area contributed by atoms with Gasteiger partial charge in [-0.3, -0.25) is 0 Å². The van der Waals surface area contributed by atoms with Crippen LogP contribution in [0, 0.1) is 0 Å². The lowest BCUT2D eigenvalue weighted by Crippen LogP contribution is -1.97. The van der Waals surface area contributed by atoms with Gasteiger partial charge in [-0.05, 0) is 60.2 Å². The Hall–Kier alpha value is -2.06. The molecular formula is C30H40OS. The van der Waals surface area contributed by atoms with E-state index in [9.17, 15) is 0 Å². The molecular weight excluding hydrogens is 408 g/mol. The zero-order chi connectivity index (χ0) is 22.4. The summed E-state index contributed by atoms with van der Waals surface area (Å²) in [6, 6.07) is 22.1. The number of hydrogen-bond acceptors (Lipinski definition) is 2. The Morgan fingerprint density at radius 2 is 1.12 bits per heavy atom. The largest absolute Gasteiger partial charge is 0.494 e. The highest BCUT2D eigenvalue weighted by molar-refractivity contribution is 7.15. The molecule has 0 radical (unpaired) electrons. The van der Waals surface area contributed by atoms with Crippen molar-refractivity contribution in [3.63, 3.8) is 0 Å². The van der Waals surface area contributed by atoms with Crippen LogP contribution in [-0.2, 0) is 6.42 Å². The molecule has 0 fully saturated rings. The number of unbranched alkanes of at least 4 members (excludes halogenated alkanes) is 8. The number of aryl methyl sites for hydroxylation is 1. The lowest BCUT2D eigenvalue weighted by atomic mass is 10.0. The van der Waals surface area contributed by atoms with E-state index in [0.717, 1.165) is 18.8 Å². The molecule has 0 saturated heterocycles. The van der Waals surface area contributed by atoms with Crippen LogP contribution >= 0.6 is 11.3 Å². The zero-order valence-corrected chi connectivity index (χ0v) is 20.9. The summed E-state index contributed by atoms with van der Waals surface area (Å²) in [4.78, 5) is 2.88. The molecule has 0 aliphatic carbocycles. The smallest absolute Gasteiger partial charge is 0.119 e. The third kappa shape index (κ3) is 8.13. The molecule has 0 saturated carbocycles. The lowest BCUT2D eigenvalue weighted by molar-refractivity contribution is 0.304. The van der Waals surface area contributed by atoms with Crippen LogP contribution in [0.15, 0.2) is 60.7 Å². The number of rotatable bonds is 15. The number of benzene rings is 2. The summed E-state index contributed by atoms with van der Waals surface area (Å²) < 4.78 is 5.94. The minimum Gasteiger partial charge on any atom is -0.494 e. The van der Waals surface area contributed by atoms with E-state index in [1.165, 1.54) is 90.7 Å². The van der Waals surface area contributed by atoms with Gasteiger partial charge in [-0.25, -0.2) is 0 Å². The standard InChI is InChI=1S/C30H40OS/c1-3-5-7-8-9-10-12-24-31-28-20-18-26(19-21-28)25-14-16-27(17-15-25)30-23-22-29(32-30)13-11-6-4-2/h14-23H,3-13,24H2,1-2H3. The van der Waals surface area contributed by atoms with Gasteiger partial charge in [-0.1, -0.05) is 102 Å². The summed E-state index contributed by atoms with van der Waals surface area (Å²) in [6.45, 7) is 5.35. The van der Waals surface area contributed by atoms with Gasteiger partial charge in [-0.2, -0.15) is 0 Å². The molecule has 0 spiro atoms. The Balaban J connectivity index is 1.45. The number of hydrogen-bond donors (Lipinski definition) is 0. The molecule has 2 heteroatoms. The van der Waals surface area contributed by atoms with E-state index in [-0.39, 0.29) is 0 Å². The van der Waals surface area contributed by atoms with Crippen LogP contribution in [0.25, 0.3) is 21.6 Å². The minimum absolute atomic E-state index is 0.822. The molecule has 1 nitrogen and oxygen atoms in total. The van der Waals surface area contributed by atoms with Gasteiger partial charge in [-0.15, -0.1) is 11.3 Å². The molecule has 0 atom stereocenters. The van der Waals surface area contributed by atoms with Gasteiger partial charge < -0.3 is 4.74 Å². The summed E-state index contributed by atoms with van der Waals surface area (Å²) in [7, 11) is 0. The molecule has 0 unspecified atom stereocenters. The molecule has 0 bridgehead atoms. The fourth-order valence-corrected chi connectivity index (χ4v) is 5.09. The van der Waals surface area contributed by atoms with Gasteiger partial charge in [0.15, 0.2) is 0 Å². The molecule has 1 heterocycles. The molecule has 0 aliphatic heterocycles. The highest BCUT2D eigenvalue weighted by Gasteiger charge is 2.05. The van der Waals surface area contributed by atoms with E-state index in [0.29, 0.717) is 0 Å². The van der Waals surface area contributed by atoms with Crippen molar-refractivity contribution < 1.29 is 4.74 Å². The quantitative estimate of drug-likeness (QED) is 0.210. The van der Waals surface area contributed by atoms with Crippen molar-refractivity contribution in [3.8, 4) is 27.3 Å². The maximum absolute atomic E-state index is 5.94. The highest BCUT2D eigenvalue weighted by atomic mass is 32.1. The van der Waals surface area contributed by atoms with E-state index in [1.807, 2.05) is 11.3 Å². The SMILES string of the molecule is CCCCCCCCCOc1ccc(-c2ccc(-c3ccc(CCCCC)s3)cc2)cc1. The first kappa shape index (κ1) is 24.6. The summed E-state index contributed by atoms with van der Waals surface area (Å²) in [6.07, 6.45) is 14.3. The highest BCUT2D eigenvalue weighted by Crippen LogP contribution is 2.31. The predicted octanol–water partition coefficient (Wildman–Crippen LogP) is 9.94. The maximum Gasteiger partial charge on any atom is 0.119 e. The normalized spacial score (nSPS) is 11.1. The van der Waals surface area contributed by atoms with Crippen molar-refractivity contribution in [2.45, 2.75) is 84.5 Å². The molecule has 172 valence electrons. The van der Waals surface area contributed by atoms with E-state index in [1.54, 1.807) is 0 Å². The number of thiophene rings is 1. The zero-order valence-electron chi connectivity index (χ0n) is 20.1. The van der Waals surface area contributed by atoms with Gasteiger partial charge in [0.2, 0.25) is 0 Å². The summed E-state index contributed by atoms with van der Waals surface area (Å²) >= 11 is 1.94. The molecule has 1 aromatic heterocycles. The average molecular weight is 449 g/mol. The Bertz CT molecular complexity index is 876. The molecule has 3 rings (SSSR count). The summed E-state index contributed by atoms with van der Waals surface area (Å²) in [5, 5.41) is 0. The molecule has 3 aromatic rings. The fraction of sp³-hybridized carbons (Fsp3) is 0.467. The first-order valence-corrected chi connectivity index (χ1v) is 13.5. The Kier molecular flexibility index (Phi) is 10.9. The summed E-state index contributed by atoms with van der Waals surface area (Å²) in [5.74, 6) is 0.977. The van der Waals surface area contributed by atoms with Crippen LogP contribution in [0.1, 0.15) is 82.9 Å². The predicted molar refractivity (Wildman–Crippen MR) is 142 cm³/mol. The molecule has 0 amide bonds. The Morgan fingerprint density at radius 1 is 0.562 bits per heavy atom. The average Bonchev–Trinajstić information content (AvgIpc) is 3.30. The van der Waals surface area contributed by atoms with Crippen LogP contribution in [0.3, 0.4) is 0 Å². The fourth-order valence-electron chi connectivity index (χ4n) is 4.04.